The Bertz CT molecular complexity index is 509. The standard InChI is InChI=1S/C11H10BrClN2O3/c12-5-7-3-11(16)14(6-7)9-2-1-8(13)4-10(9)15(17)18/h1-2,4,7H,3,5-6H2. The minimum atomic E-state index is -0.518. The number of nitro benzene ring substituents is 1. The molecule has 0 radical (unpaired) electrons. The molecule has 2 rings (SSSR count). The predicted molar refractivity (Wildman–Crippen MR) is 72.4 cm³/mol. The number of carbonyl (C=O) groups excluding carboxylic acids is 1. The van der Waals surface area contributed by atoms with Gasteiger partial charge in [-0.1, -0.05) is 27.5 Å². The highest BCUT2D eigenvalue weighted by molar-refractivity contribution is 9.09. The Labute approximate surface area is 117 Å². The van der Waals surface area contributed by atoms with Crippen molar-refractivity contribution in [2.75, 3.05) is 16.8 Å². The van der Waals surface area contributed by atoms with Gasteiger partial charge in [0.05, 0.1) is 4.92 Å². The van der Waals surface area contributed by atoms with Crippen LogP contribution in [-0.4, -0.2) is 22.7 Å². The normalized spacial score (nSPS) is 19.3. The minimum Gasteiger partial charge on any atom is -0.306 e. The zero-order valence-corrected chi connectivity index (χ0v) is 11.6. The summed E-state index contributed by atoms with van der Waals surface area (Å²) in [5.41, 5.74) is 0.184. The lowest BCUT2D eigenvalue weighted by Crippen LogP contribution is -2.25. The first-order valence-corrected chi connectivity index (χ1v) is 6.83. The van der Waals surface area contributed by atoms with Crippen LogP contribution < -0.4 is 4.90 Å². The van der Waals surface area contributed by atoms with Gasteiger partial charge in [0.15, 0.2) is 0 Å². The number of hydrogen-bond donors (Lipinski definition) is 0. The minimum absolute atomic E-state index is 0.0927. The van der Waals surface area contributed by atoms with Crippen LogP contribution in [0.4, 0.5) is 11.4 Å². The third kappa shape index (κ3) is 2.49. The summed E-state index contributed by atoms with van der Waals surface area (Å²) in [7, 11) is 0. The van der Waals surface area contributed by atoms with Gasteiger partial charge in [-0.25, -0.2) is 0 Å². The Morgan fingerprint density at radius 2 is 2.28 bits per heavy atom. The predicted octanol–water partition coefficient (Wildman–Crippen LogP) is 3.00. The quantitative estimate of drug-likeness (QED) is 0.485. The molecule has 7 heteroatoms. The zero-order chi connectivity index (χ0) is 13.3. The second-order valence-electron chi connectivity index (χ2n) is 4.12. The number of rotatable bonds is 3. The maximum absolute atomic E-state index is 11.9. The summed E-state index contributed by atoms with van der Waals surface area (Å²) in [6, 6.07) is 4.35. The number of alkyl halides is 1. The van der Waals surface area contributed by atoms with E-state index in [1.165, 1.54) is 17.0 Å². The molecule has 1 fully saturated rings. The fourth-order valence-corrected chi connectivity index (χ4v) is 2.59. The molecule has 0 spiro atoms. The number of carbonyl (C=O) groups is 1. The van der Waals surface area contributed by atoms with Crippen LogP contribution in [0, 0.1) is 16.0 Å². The number of halogens is 2. The molecular formula is C11H10BrClN2O3. The molecule has 5 nitrogen and oxygen atoms in total. The molecule has 1 aromatic carbocycles. The Morgan fingerprint density at radius 1 is 1.56 bits per heavy atom. The third-order valence-electron chi connectivity index (χ3n) is 2.85. The van der Waals surface area contributed by atoms with E-state index in [9.17, 15) is 14.9 Å². The van der Waals surface area contributed by atoms with Gasteiger partial charge in [-0.3, -0.25) is 14.9 Å². The Kier molecular flexibility index (Phi) is 3.87. The lowest BCUT2D eigenvalue weighted by molar-refractivity contribution is -0.384. The number of amides is 1. The van der Waals surface area contributed by atoms with Gasteiger partial charge >= 0.3 is 0 Å². The van der Waals surface area contributed by atoms with Crippen molar-refractivity contribution in [2.45, 2.75) is 6.42 Å². The molecule has 1 amide bonds. The average Bonchev–Trinajstić information content (AvgIpc) is 2.70. The van der Waals surface area contributed by atoms with Crippen molar-refractivity contribution in [3.8, 4) is 0 Å². The molecule has 1 aliphatic rings. The topological polar surface area (TPSA) is 63.5 Å². The lowest BCUT2D eigenvalue weighted by atomic mass is 10.2. The average molecular weight is 334 g/mol. The molecule has 1 unspecified atom stereocenters. The molecule has 0 N–H and O–H groups in total. The van der Waals surface area contributed by atoms with Crippen molar-refractivity contribution in [2.24, 2.45) is 5.92 Å². The van der Waals surface area contributed by atoms with Gasteiger partial charge in [0.25, 0.3) is 5.69 Å². The first-order valence-electron chi connectivity index (χ1n) is 5.33. The van der Waals surface area contributed by atoms with Gasteiger partial charge in [-0.05, 0) is 18.1 Å². The van der Waals surface area contributed by atoms with Crippen LogP contribution in [-0.2, 0) is 4.79 Å². The van der Waals surface area contributed by atoms with Gasteiger partial charge in [0, 0.05) is 29.4 Å². The molecule has 1 aliphatic heterocycles. The molecular weight excluding hydrogens is 323 g/mol. The molecule has 18 heavy (non-hydrogen) atoms. The van der Waals surface area contributed by atoms with Crippen LogP contribution in [0.3, 0.4) is 0 Å². The summed E-state index contributed by atoms with van der Waals surface area (Å²) in [4.78, 5) is 23.8. The van der Waals surface area contributed by atoms with E-state index < -0.39 is 4.92 Å². The molecule has 1 heterocycles. The van der Waals surface area contributed by atoms with E-state index in [0.717, 1.165) is 0 Å². The maximum Gasteiger partial charge on any atom is 0.294 e. The summed E-state index contributed by atoms with van der Waals surface area (Å²) < 4.78 is 0. The second kappa shape index (κ2) is 5.24. The van der Waals surface area contributed by atoms with Gasteiger partial charge in [-0.15, -0.1) is 0 Å². The van der Waals surface area contributed by atoms with Crippen LogP contribution in [0.1, 0.15) is 6.42 Å². The lowest BCUT2D eigenvalue weighted by Gasteiger charge is -2.16. The van der Waals surface area contributed by atoms with Crippen LogP contribution in [0.2, 0.25) is 5.02 Å². The smallest absolute Gasteiger partial charge is 0.294 e. The highest BCUT2D eigenvalue weighted by Gasteiger charge is 2.33. The number of anilines is 1. The van der Waals surface area contributed by atoms with Crippen LogP contribution in [0.15, 0.2) is 18.2 Å². The van der Waals surface area contributed by atoms with E-state index in [4.69, 9.17) is 11.6 Å². The van der Waals surface area contributed by atoms with Crippen molar-refractivity contribution < 1.29 is 9.72 Å². The summed E-state index contributed by atoms with van der Waals surface area (Å²) in [6.07, 6.45) is 0.408. The molecule has 0 saturated carbocycles. The second-order valence-corrected chi connectivity index (χ2v) is 5.20. The Hall–Kier alpha value is -1.14. The van der Waals surface area contributed by atoms with E-state index in [1.807, 2.05) is 0 Å². The van der Waals surface area contributed by atoms with Gasteiger partial charge in [-0.2, -0.15) is 0 Å². The van der Waals surface area contributed by atoms with E-state index >= 15 is 0 Å². The van der Waals surface area contributed by atoms with Gasteiger partial charge in [0.1, 0.15) is 5.69 Å². The van der Waals surface area contributed by atoms with Gasteiger partial charge < -0.3 is 4.90 Å². The highest BCUT2D eigenvalue weighted by Crippen LogP contribution is 2.35. The third-order valence-corrected chi connectivity index (χ3v) is 4.00. The fraction of sp³-hybridized carbons (Fsp3) is 0.364. The van der Waals surface area contributed by atoms with Crippen molar-refractivity contribution >= 4 is 44.8 Å². The molecule has 1 atom stereocenters. The summed E-state index contributed by atoms with van der Waals surface area (Å²) in [5.74, 6) is 0.0951. The Morgan fingerprint density at radius 3 is 2.83 bits per heavy atom. The van der Waals surface area contributed by atoms with Gasteiger partial charge in [0.2, 0.25) is 5.91 Å². The van der Waals surface area contributed by atoms with Crippen LogP contribution >= 0.6 is 27.5 Å². The maximum atomic E-state index is 11.9. The van der Waals surface area contributed by atoms with E-state index in [2.05, 4.69) is 15.9 Å². The molecule has 1 saturated heterocycles. The molecule has 0 aliphatic carbocycles. The number of hydrogen-bond acceptors (Lipinski definition) is 3. The monoisotopic (exact) mass is 332 g/mol. The van der Waals surface area contributed by atoms with E-state index in [-0.39, 0.29) is 22.5 Å². The molecule has 0 aromatic heterocycles. The van der Waals surface area contributed by atoms with Crippen molar-refractivity contribution in [1.82, 2.24) is 0 Å². The number of benzene rings is 1. The summed E-state index contributed by atoms with van der Waals surface area (Å²) in [6.45, 7) is 0.493. The summed E-state index contributed by atoms with van der Waals surface area (Å²) >= 11 is 9.07. The van der Waals surface area contributed by atoms with Crippen molar-refractivity contribution in [1.29, 1.82) is 0 Å². The van der Waals surface area contributed by atoms with E-state index in [0.29, 0.717) is 24.0 Å². The molecule has 1 aromatic rings. The first-order chi connectivity index (χ1) is 8.52. The number of nitrogens with zero attached hydrogens (tertiary/aromatic N) is 2. The fourth-order valence-electron chi connectivity index (χ4n) is 1.99. The zero-order valence-electron chi connectivity index (χ0n) is 9.31. The molecule has 96 valence electrons. The Balaban J connectivity index is 2.39. The largest absolute Gasteiger partial charge is 0.306 e. The van der Waals surface area contributed by atoms with Crippen LogP contribution in [0.25, 0.3) is 0 Å². The molecule has 0 bridgehead atoms. The van der Waals surface area contributed by atoms with Crippen molar-refractivity contribution in [3.63, 3.8) is 0 Å². The number of nitro groups is 1. The van der Waals surface area contributed by atoms with Crippen LogP contribution in [0.5, 0.6) is 0 Å². The summed E-state index contributed by atoms with van der Waals surface area (Å²) in [5, 5.41) is 12.0. The first kappa shape index (κ1) is 13.3. The van der Waals surface area contributed by atoms with Crippen molar-refractivity contribution in [3.05, 3.63) is 33.3 Å². The van der Waals surface area contributed by atoms with E-state index in [1.54, 1.807) is 6.07 Å². The SMILES string of the molecule is O=C1CC(CBr)CN1c1ccc(Cl)cc1[N+](=O)[O-]. The highest BCUT2D eigenvalue weighted by atomic mass is 79.9.